The Labute approximate surface area is 116 Å². The van der Waals surface area contributed by atoms with E-state index in [4.69, 9.17) is 4.74 Å². The van der Waals surface area contributed by atoms with Gasteiger partial charge in [-0.2, -0.15) is 0 Å². The normalized spacial score (nSPS) is 39.3. The predicted octanol–water partition coefficient (Wildman–Crippen LogP) is 4.10. The molecular formula is C17H26O2. The maximum atomic E-state index is 12.0. The summed E-state index contributed by atoms with van der Waals surface area (Å²) < 4.78 is 5.23. The molecule has 0 unspecified atom stereocenters. The number of hydrogen-bond acceptors (Lipinski definition) is 2. The third-order valence-electron chi connectivity index (χ3n) is 5.68. The van der Waals surface area contributed by atoms with Gasteiger partial charge in [-0.3, -0.25) is 4.79 Å². The maximum absolute atomic E-state index is 12.0. The second-order valence-corrected chi connectivity index (χ2v) is 7.20. The van der Waals surface area contributed by atoms with Crippen LogP contribution in [0.5, 0.6) is 0 Å². The summed E-state index contributed by atoms with van der Waals surface area (Å²) in [4.78, 5) is 12.0. The molecule has 4 aliphatic rings. The first-order valence-corrected chi connectivity index (χ1v) is 7.95. The lowest BCUT2D eigenvalue weighted by Gasteiger charge is -2.57. The molecule has 0 aromatic carbocycles. The monoisotopic (exact) mass is 262 g/mol. The molecule has 4 fully saturated rings. The van der Waals surface area contributed by atoms with E-state index in [-0.39, 0.29) is 5.78 Å². The van der Waals surface area contributed by atoms with E-state index in [2.05, 4.69) is 6.58 Å². The molecule has 0 heterocycles. The zero-order valence-corrected chi connectivity index (χ0v) is 12.1. The van der Waals surface area contributed by atoms with Crippen LogP contribution in [-0.4, -0.2) is 12.4 Å². The van der Waals surface area contributed by atoms with Gasteiger partial charge in [0.1, 0.15) is 0 Å². The summed E-state index contributed by atoms with van der Waals surface area (Å²) in [5.74, 6) is 3.40. The molecule has 0 aliphatic heterocycles. The molecule has 0 aromatic heterocycles. The van der Waals surface area contributed by atoms with E-state index in [0.717, 1.165) is 24.2 Å². The Morgan fingerprint density at radius 1 is 1.16 bits per heavy atom. The summed E-state index contributed by atoms with van der Waals surface area (Å²) >= 11 is 0. The van der Waals surface area contributed by atoms with Crippen LogP contribution in [0.2, 0.25) is 0 Å². The molecule has 0 radical (unpaired) electrons. The van der Waals surface area contributed by atoms with Crippen LogP contribution in [-0.2, 0) is 9.53 Å². The average molecular weight is 262 g/mol. The van der Waals surface area contributed by atoms with Gasteiger partial charge in [0.2, 0.25) is 0 Å². The van der Waals surface area contributed by atoms with Crippen LogP contribution in [0.4, 0.5) is 0 Å². The van der Waals surface area contributed by atoms with Crippen molar-refractivity contribution in [1.82, 2.24) is 0 Å². The molecule has 4 rings (SSSR count). The van der Waals surface area contributed by atoms with Crippen LogP contribution < -0.4 is 0 Å². The fraction of sp³-hybridized carbons (Fsp3) is 0.824. The highest BCUT2D eigenvalue weighted by atomic mass is 16.5. The standard InChI is InChI=1S/C17H26O2/c1-3-19-12(2)16(18)4-5-17-9-13-6-14(10-17)8-15(7-13)11-17/h13-15H,2-11H2,1H3. The summed E-state index contributed by atoms with van der Waals surface area (Å²) in [6, 6.07) is 0. The molecule has 106 valence electrons. The van der Waals surface area contributed by atoms with E-state index in [0.29, 0.717) is 24.2 Å². The van der Waals surface area contributed by atoms with Gasteiger partial charge in [0.15, 0.2) is 11.5 Å². The predicted molar refractivity (Wildman–Crippen MR) is 75.6 cm³/mol. The summed E-state index contributed by atoms with van der Waals surface area (Å²) in [7, 11) is 0. The molecule has 0 aromatic rings. The lowest BCUT2D eigenvalue weighted by atomic mass is 9.48. The Kier molecular flexibility index (Phi) is 3.44. The number of allylic oxidation sites excluding steroid dienone is 1. The second-order valence-electron chi connectivity index (χ2n) is 7.20. The van der Waals surface area contributed by atoms with E-state index >= 15 is 0 Å². The number of Topliss-reactive ketones (excluding diaryl/α,β-unsaturated/α-hetero) is 1. The Morgan fingerprint density at radius 3 is 2.16 bits per heavy atom. The first-order chi connectivity index (χ1) is 9.10. The highest BCUT2D eigenvalue weighted by molar-refractivity contribution is 5.92. The zero-order valence-electron chi connectivity index (χ0n) is 12.1. The Bertz CT molecular complexity index is 347. The van der Waals surface area contributed by atoms with Crippen LogP contribution in [0.3, 0.4) is 0 Å². The summed E-state index contributed by atoms with van der Waals surface area (Å²) in [5.41, 5.74) is 0.497. The maximum Gasteiger partial charge on any atom is 0.196 e. The third kappa shape index (κ3) is 2.59. The van der Waals surface area contributed by atoms with Crippen molar-refractivity contribution in [1.29, 1.82) is 0 Å². The second kappa shape index (κ2) is 4.96. The quantitative estimate of drug-likeness (QED) is 0.532. The number of carbonyl (C=O) groups is 1. The number of carbonyl (C=O) groups excluding carboxylic acids is 1. The number of ketones is 1. The van der Waals surface area contributed by atoms with Crippen molar-refractivity contribution in [2.45, 2.75) is 58.3 Å². The highest BCUT2D eigenvalue weighted by Gasteiger charge is 2.50. The van der Waals surface area contributed by atoms with E-state index in [9.17, 15) is 4.79 Å². The summed E-state index contributed by atoms with van der Waals surface area (Å²) in [5, 5.41) is 0. The summed E-state index contributed by atoms with van der Waals surface area (Å²) in [6.07, 6.45) is 10.3. The minimum atomic E-state index is 0.123. The van der Waals surface area contributed by atoms with E-state index < -0.39 is 0 Å². The molecule has 19 heavy (non-hydrogen) atoms. The Morgan fingerprint density at radius 2 is 1.68 bits per heavy atom. The SMILES string of the molecule is C=C(OCC)C(=O)CCC12CC3CC(CC(C3)C1)C2. The third-order valence-corrected chi connectivity index (χ3v) is 5.68. The van der Waals surface area contributed by atoms with Gasteiger partial charge in [0.05, 0.1) is 6.61 Å². The van der Waals surface area contributed by atoms with E-state index in [1.165, 1.54) is 38.5 Å². The van der Waals surface area contributed by atoms with Gasteiger partial charge >= 0.3 is 0 Å². The number of rotatable bonds is 6. The van der Waals surface area contributed by atoms with E-state index in [1.54, 1.807) is 0 Å². The molecule has 0 atom stereocenters. The zero-order chi connectivity index (χ0) is 13.5. The van der Waals surface area contributed by atoms with Gasteiger partial charge in [-0.15, -0.1) is 0 Å². The molecule has 0 N–H and O–H groups in total. The van der Waals surface area contributed by atoms with Crippen LogP contribution in [0.15, 0.2) is 12.3 Å². The van der Waals surface area contributed by atoms with Gasteiger partial charge < -0.3 is 4.74 Å². The van der Waals surface area contributed by atoms with E-state index in [1.807, 2.05) is 6.92 Å². The number of hydrogen-bond donors (Lipinski definition) is 0. The molecule has 4 bridgehead atoms. The lowest BCUT2D eigenvalue weighted by molar-refractivity contribution is -0.121. The van der Waals surface area contributed by atoms with Crippen molar-refractivity contribution in [3.8, 4) is 0 Å². The molecule has 4 aliphatic carbocycles. The van der Waals surface area contributed by atoms with Crippen molar-refractivity contribution >= 4 is 5.78 Å². The van der Waals surface area contributed by atoms with Crippen LogP contribution in [0.25, 0.3) is 0 Å². The topological polar surface area (TPSA) is 26.3 Å². The molecule has 2 nitrogen and oxygen atoms in total. The first kappa shape index (κ1) is 13.2. The lowest BCUT2D eigenvalue weighted by Crippen LogP contribution is -2.46. The van der Waals surface area contributed by atoms with Crippen molar-refractivity contribution in [3.05, 3.63) is 12.3 Å². The van der Waals surface area contributed by atoms with Gasteiger partial charge in [0, 0.05) is 6.42 Å². The number of ether oxygens (including phenoxy) is 1. The first-order valence-electron chi connectivity index (χ1n) is 7.95. The van der Waals surface area contributed by atoms with Gasteiger partial charge in [-0.05, 0) is 75.0 Å². The van der Waals surface area contributed by atoms with Gasteiger partial charge in [0.25, 0.3) is 0 Å². The van der Waals surface area contributed by atoms with Crippen LogP contribution in [0, 0.1) is 23.2 Å². The minimum absolute atomic E-state index is 0.123. The summed E-state index contributed by atoms with van der Waals surface area (Å²) in [6.45, 7) is 6.18. The Balaban J connectivity index is 1.58. The molecule has 2 heteroatoms. The van der Waals surface area contributed by atoms with Crippen molar-refractivity contribution in [2.75, 3.05) is 6.61 Å². The fourth-order valence-electron chi connectivity index (χ4n) is 5.37. The van der Waals surface area contributed by atoms with Crippen LogP contribution in [0.1, 0.15) is 58.3 Å². The average Bonchev–Trinajstić information content (AvgIpc) is 2.34. The van der Waals surface area contributed by atoms with Gasteiger partial charge in [-0.25, -0.2) is 0 Å². The minimum Gasteiger partial charge on any atom is -0.491 e. The van der Waals surface area contributed by atoms with Crippen LogP contribution >= 0.6 is 0 Å². The van der Waals surface area contributed by atoms with Crippen molar-refractivity contribution in [2.24, 2.45) is 23.2 Å². The smallest absolute Gasteiger partial charge is 0.196 e. The van der Waals surface area contributed by atoms with Gasteiger partial charge in [-0.1, -0.05) is 6.58 Å². The molecular weight excluding hydrogens is 236 g/mol. The fourth-order valence-corrected chi connectivity index (χ4v) is 5.37. The van der Waals surface area contributed by atoms with Crippen molar-refractivity contribution in [3.63, 3.8) is 0 Å². The van der Waals surface area contributed by atoms with Crippen molar-refractivity contribution < 1.29 is 9.53 Å². The largest absolute Gasteiger partial charge is 0.491 e. The highest BCUT2D eigenvalue weighted by Crippen LogP contribution is 2.61. The molecule has 0 saturated heterocycles. The molecule has 4 saturated carbocycles. The molecule has 0 spiro atoms. The Hall–Kier alpha value is -0.790. The molecule has 0 amide bonds.